The first-order chi connectivity index (χ1) is 9.49. The molecule has 0 aliphatic heterocycles. The number of hydrogen-bond acceptors (Lipinski definition) is 8. The second kappa shape index (κ2) is 5.86. The van der Waals surface area contributed by atoms with Crippen LogP contribution in [0.5, 0.6) is 0 Å². The Morgan fingerprint density at radius 3 is 2.25 bits per heavy atom. The summed E-state index contributed by atoms with van der Waals surface area (Å²) in [6.07, 6.45) is -4.37. The van der Waals surface area contributed by atoms with Gasteiger partial charge in [-0.2, -0.15) is 13.2 Å². The number of anilines is 2. The van der Waals surface area contributed by atoms with E-state index in [2.05, 4.69) is 35.5 Å². The molecule has 0 amide bonds. The molecule has 0 bridgehead atoms. The van der Waals surface area contributed by atoms with Gasteiger partial charge < -0.3 is 15.4 Å². The summed E-state index contributed by atoms with van der Waals surface area (Å²) in [6, 6.07) is 0. The maximum atomic E-state index is 12.2. The molecule has 0 saturated carbocycles. The Labute approximate surface area is 110 Å². The van der Waals surface area contributed by atoms with Crippen molar-refractivity contribution in [2.24, 2.45) is 0 Å². The molecule has 8 nitrogen and oxygen atoms in total. The molecule has 0 unspecified atom stereocenters. The molecule has 11 heteroatoms. The first-order valence-electron chi connectivity index (χ1n) is 5.53. The summed E-state index contributed by atoms with van der Waals surface area (Å²) < 4.78 is 46.0. The summed E-state index contributed by atoms with van der Waals surface area (Å²) in [5, 5.41) is 11.8. The molecule has 0 aliphatic carbocycles. The Kier molecular flexibility index (Phi) is 4.17. The largest absolute Gasteiger partial charge is 0.405 e. The van der Waals surface area contributed by atoms with Crippen LogP contribution in [0.3, 0.4) is 0 Å². The monoisotopic (exact) mass is 292 g/mol. The zero-order valence-electron chi connectivity index (χ0n) is 10.4. The van der Waals surface area contributed by atoms with Crippen molar-refractivity contribution in [3.8, 4) is 0 Å². The average Bonchev–Trinajstić information content (AvgIpc) is 2.82. The standard InChI is InChI=1S/C9H11F3N6O2/c1-19-3-2-13-5-6(14-4-9(10,11)12)16-8-7(15-5)17-20-18-8/h2-4H2,1H3,(H,13,15,17)(H,14,16,18). The number of ether oxygens (including phenoxy) is 1. The average molecular weight is 292 g/mol. The van der Waals surface area contributed by atoms with E-state index in [1.54, 1.807) is 0 Å². The van der Waals surface area contributed by atoms with Crippen molar-refractivity contribution in [1.82, 2.24) is 20.3 Å². The van der Waals surface area contributed by atoms with Crippen LogP contribution in [0.15, 0.2) is 4.63 Å². The van der Waals surface area contributed by atoms with Gasteiger partial charge in [-0.15, -0.1) is 0 Å². The lowest BCUT2D eigenvalue weighted by atomic mass is 10.5. The molecular formula is C9H11F3N6O2. The third kappa shape index (κ3) is 3.66. The summed E-state index contributed by atoms with van der Waals surface area (Å²) in [5.74, 6) is 0.0381. The van der Waals surface area contributed by atoms with E-state index in [-0.39, 0.29) is 22.9 Å². The maximum absolute atomic E-state index is 12.2. The number of rotatable bonds is 6. The van der Waals surface area contributed by atoms with E-state index < -0.39 is 12.7 Å². The Morgan fingerprint density at radius 2 is 1.70 bits per heavy atom. The summed E-state index contributed by atoms with van der Waals surface area (Å²) in [6.45, 7) is -0.532. The van der Waals surface area contributed by atoms with Gasteiger partial charge in [-0.05, 0) is 10.3 Å². The lowest BCUT2D eigenvalue weighted by molar-refractivity contribution is -0.115. The molecule has 2 N–H and O–H groups in total. The molecule has 0 spiro atoms. The Balaban J connectivity index is 2.20. The second-order valence-corrected chi connectivity index (χ2v) is 3.72. The normalized spacial score (nSPS) is 11.8. The van der Waals surface area contributed by atoms with Crippen LogP contribution in [0.25, 0.3) is 11.3 Å². The van der Waals surface area contributed by atoms with Gasteiger partial charge in [0.05, 0.1) is 6.61 Å². The molecule has 0 radical (unpaired) electrons. The molecule has 2 rings (SSSR count). The van der Waals surface area contributed by atoms with Crippen LogP contribution in [-0.2, 0) is 4.74 Å². The summed E-state index contributed by atoms with van der Waals surface area (Å²) in [4.78, 5) is 7.85. The zero-order valence-corrected chi connectivity index (χ0v) is 10.4. The SMILES string of the molecule is COCCNc1nc2nonc2nc1NCC(F)(F)F. The van der Waals surface area contributed by atoms with E-state index in [9.17, 15) is 13.2 Å². The van der Waals surface area contributed by atoms with E-state index in [0.29, 0.717) is 13.2 Å². The molecular weight excluding hydrogens is 281 g/mol. The first-order valence-corrected chi connectivity index (χ1v) is 5.53. The van der Waals surface area contributed by atoms with Crippen molar-refractivity contribution < 1.29 is 22.5 Å². The summed E-state index contributed by atoms with van der Waals surface area (Å²) >= 11 is 0. The third-order valence-electron chi connectivity index (χ3n) is 2.17. The molecule has 2 aromatic heterocycles. The summed E-state index contributed by atoms with van der Waals surface area (Å²) in [5.41, 5.74) is 0.120. The minimum absolute atomic E-state index is 0.0203. The molecule has 0 aliphatic rings. The Hall–Kier alpha value is -2.17. The maximum Gasteiger partial charge on any atom is 0.405 e. The number of methoxy groups -OCH3 is 1. The van der Waals surface area contributed by atoms with Crippen molar-refractivity contribution >= 4 is 22.9 Å². The van der Waals surface area contributed by atoms with E-state index in [0.717, 1.165) is 0 Å². The predicted molar refractivity (Wildman–Crippen MR) is 62.3 cm³/mol. The predicted octanol–water partition coefficient (Wildman–Crippen LogP) is 1.05. The van der Waals surface area contributed by atoms with Crippen LogP contribution in [0.1, 0.15) is 0 Å². The molecule has 0 fully saturated rings. The number of alkyl halides is 3. The van der Waals surface area contributed by atoms with Gasteiger partial charge in [-0.3, -0.25) is 0 Å². The van der Waals surface area contributed by atoms with Gasteiger partial charge in [0.2, 0.25) is 11.3 Å². The number of nitrogens with zero attached hydrogens (tertiary/aromatic N) is 4. The minimum Gasteiger partial charge on any atom is -0.383 e. The van der Waals surface area contributed by atoms with Crippen LogP contribution in [0.2, 0.25) is 0 Å². The highest BCUT2D eigenvalue weighted by molar-refractivity contribution is 5.73. The van der Waals surface area contributed by atoms with Crippen molar-refractivity contribution in [3.63, 3.8) is 0 Å². The van der Waals surface area contributed by atoms with Crippen molar-refractivity contribution in [2.45, 2.75) is 6.18 Å². The van der Waals surface area contributed by atoms with Gasteiger partial charge in [0.15, 0.2) is 11.6 Å². The van der Waals surface area contributed by atoms with E-state index >= 15 is 0 Å². The van der Waals surface area contributed by atoms with Crippen molar-refractivity contribution in [3.05, 3.63) is 0 Å². The Morgan fingerprint density at radius 1 is 1.10 bits per heavy atom. The van der Waals surface area contributed by atoms with E-state index in [4.69, 9.17) is 4.74 Å². The van der Waals surface area contributed by atoms with Gasteiger partial charge >= 0.3 is 6.18 Å². The smallest absolute Gasteiger partial charge is 0.383 e. The molecule has 2 heterocycles. The lowest BCUT2D eigenvalue weighted by Gasteiger charge is -2.12. The van der Waals surface area contributed by atoms with Crippen LogP contribution < -0.4 is 10.6 Å². The zero-order chi connectivity index (χ0) is 14.6. The van der Waals surface area contributed by atoms with Gasteiger partial charge in [0, 0.05) is 13.7 Å². The molecule has 110 valence electrons. The Bertz CT molecular complexity index is 572. The molecule has 0 saturated heterocycles. The highest BCUT2D eigenvalue weighted by atomic mass is 19.4. The highest BCUT2D eigenvalue weighted by Gasteiger charge is 2.27. The quantitative estimate of drug-likeness (QED) is 0.762. The van der Waals surface area contributed by atoms with Crippen LogP contribution in [-0.4, -0.2) is 53.3 Å². The first kappa shape index (κ1) is 14.2. The minimum atomic E-state index is -4.37. The van der Waals surface area contributed by atoms with Crippen LogP contribution in [0, 0.1) is 0 Å². The van der Waals surface area contributed by atoms with E-state index in [1.807, 2.05) is 0 Å². The van der Waals surface area contributed by atoms with Crippen molar-refractivity contribution in [2.75, 3.05) is 37.4 Å². The number of hydrogen-bond donors (Lipinski definition) is 2. The topological polar surface area (TPSA) is 98.0 Å². The number of halogens is 3. The fraction of sp³-hybridized carbons (Fsp3) is 0.556. The van der Waals surface area contributed by atoms with Gasteiger partial charge in [-0.1, -0.05) is 0 Å². The summed E-state index contributed by atoms with van der Waals surface area (Å²) in [7, 11) is 1.50. The number of aromatic nitrogens is 4. The lowest BCUT2D eigenvalue weighted by Crippen LogP contribution is -2.23. The van der Waals surface area contributed by atoms with Gasteiger partial charge in [0.1, 0.15) is 6.54 Å². The molecule has 0 atom stereocenters. The van der Waals surface area contributed by atoms with Gasteiger partial charge in [-0.25, -0.2) is 14.6 Å². The molecule has 2 aromatic rings. The fourth-order valence-corrected chi connectivity index (χ4v) is 1.34. The number of fused-ring (bicyclic) bond motifs is 1. The van der Waals surface area contributed by atoms with Crippen LogP contribution in [0.4, 0.5) is 24.8 Å². The fourth-order valence-electron chi connectivity index (χ4n) is 1.34. The van der Waals surface area contributed by atoms with Crippen molar-refractivity contribution in [1.29, 1.82) is 0 Å². The highest BCUT2D eigenvalue weighted by Crippen LogP contribution is 2.22. The molecule has 20 heavy (non-hydrogen) atoms. The van der Waals surface area contributed by atoms with E-state index in [1.165, 1.54) is 7.11 Å². The van der Waals surface area contributed by atoms with Crippen LogP contribution >= 0.6 is 0 Å². The van der Waals surface area contributed by atoms with Gasteiger partial charge in [0.25, 0.3) is 0 Å². The second-order valence-electron chi connectivity index (χ2n) is 3.72. The number of nitrogens with one attached hydrogen (secondary N) is 2. The molecule has 0 aromatic carbocycles. The third-order valence-corrected chi connectivity index (χ3v) is 2.17.